The van der Waals surface area contributed by atoms with Gasteiger partial charge in [-0.3, -0.25) is 4.79 Å². The number of hydrogen-bond donors (Lipinski definition) is 2. The molecule has 2 N–H and O–H groups in total. The molecule has 4 rings (SSSR count). The second-order valence-corrected chi connectivity index (χ2v) is 8.20. The molecule has 0 radical (unpaired) electrons. The summed E-state index contributed by atoms with van der Waals surface area (Å²) in [6.45, 7) is 8.99. The van der Waals surface area contributed by atoms with Gasteiger partial charge in [0.25, 0.3) is 0 Å². The lowest BCUT2D eigenvalue weighted by Crippen LogP contribution is -3.15. The highest BCUT2D eigenvalue weighted by Gasteiger charge is 2.24. The first-order valence-corrected chi connectivity index (χ1v) is 10.2. The van der Waals surface area contributed by atoms with Crippen LogP contribution in [0.15, 0.2) is 47.1 Å². The summed E-state index contributed by atoms with van der Waals surface area (Å²) in [6, 6.07) is 12.2. The van der Waals surface area contributed by atoms with Crippen LogP contribution in [0, 0.1) is 5.92 Å². The van der Waals surface area contributed by atoms with E-state index >= 15 is 0 Å². The fraction of sp³-hybridized carbons (Fsp3) is 0.435. The van der Waals surface area contributed by atoms with Crippen LogP contribution in [0.4, 0.5) is 0 Å². The van der Waals surface area contributed by atoms with Crippen LogP contribution in [0.2, 0.25) is 0 Å². The van der Waals surface area contributed by atoms with Crippen molar-refractivity contribution in [2.24, 2.45) is 5.92 Å². The Bertz CT molecular complexity index is 963. The summed E-state index contributed by atoms with van der Waals surface area (Å²) < 4.78 is 11.5. The van der Waals surface area contributed by atoms with Crippen molar-refractivity contribution >= 4 is 27.6 Å². The standard InChI is InChI=1S/C23H28N2O3/c1-16(2)13-25-9-10-27-19(14-25)12-24-22(26)11-18-15-28-21-8-7-17-5-3-4-6-20(17)23(18)21/h3-8,15-16,19H,9-14H2,1-2H3,(H,24,26)/p+1/t19-/m0/s1. The van der Waals surface area contributed by atoms with Gasteiger partial charge in [-0.25, -0.2) is 0 Å². The molecule has 5 nitrogen and oxygen atoms in total. The van der Waals surface area contributed by atoms with Gasteiger partial charge in [0.05, 0.1) is 25.8 Å². The Morgan fingerprint density at radius 3 is 2.96 bits per heavy atom. The van der Waals surface area contributed by atoms with E-state index in [0.717, 1.165) is 53.5 Å². The summed E-state index contributed by atoms with van der Waals surface area (Å²) in [7, 11) is 0. The third kappa shape index (κ3) is 4.21. The summed E-state index contributed by atoms with van der Waals surface area (Å²) in [5, 5.41) is 6.37. The zero-order valence-electron chi connectivity index (χ0n) is 16.7. The second kappa shape index (κ2) is 8.33. The van der Waals surface area contributed by atoms with Crippen molar-refractivity contribution in [2.75, 3.05) is 32.8 Å². The highest BCUT2D eigenvalue weighted by molar-refractivity contribution is 6.08. The number of carbonyl (C=O) groups is 1. The number of morpholine rings is 1. The van der Waals surface area contributed by atoms with Crippen LogP contribution in [-0.2, 0) is 16.0 Å². The van der Waals surface area contributed by atoms with Gasteiger partial charge >= 0.3 is 0 Å². The van der Waals surface area contributed by atoms with E-state index in [4.69, 9.17) is 9.15 Å². The van der Waals surface area contributed by atoms with Crippen molar-refractivity contribution in [2.45, 2.75) is 26.4 Å². The molecule has 5 heteroatoms. The Hall–Kier alpha value is -2.37. The fourth-order valence-corrected chi connectivity index (χ4v) is 4.21. The van der Waals surface area contributed by atoms with E-state index < -0.39 is 0 Å². The second-order valence-electron chi connectivity index (χ2n) is 8.20. The molecule has 1 fully saturated rings. The van der Waals surface area contributed by atoms with Gasteiger partial charge in [0, 0.05) is 23.4 Å². The maximum atomic E-state index is 12.6. The Balaban J connectivity index is 1.40. The molecule has 1 aromatic heterocycles. The molecule has 1 amide bonds. The number of rotatable bonds is 6. The number of furan rings is 1. The number of ether oxygens (including phenoxy) is 1. The van der Waals surface area contributed by atoms with Crippen molar-refractivity contribution in [1.82, 2.24) is 5.32 Å². The van der Waals surface area contributed by atoms with Crippen LogP contribution < -0.4 is 10.2 Å². The van der Waals surface area contributed by atoms with Gasteiger partial charge in [-0.1, -0.05) is 44.2 Å². The fourth-order valence-electron chi connectivity index (χ4n) is 4.21. The highest BCUT2D eigenvalue weighted by atomic mass is 16.5. The maximum Gasteiger partial charge on any atom is 0.224 e. The predicted octanol–water partition coefficient (Wildman–Crippen LogP) is 2.18. The molecule has 3 aromatic rings. The van der Waals surface area contributed by atoms with Crippen molar-refractivity contribution in [3.8, 4) is 0 Å². The van der Waals surface area contributed by atoms with E-state index in [2.05, 4.69) is 37.4 Å². The molecule has 1 aliphatic heterocycles. The van der Waals surface area contributed by atoms with Gasteiger partial charge in [-0.15, -0.1) is 0 Å². The van der Waals surface area contributed by atoms with Crippen LogP contribution >= 0.6 is 0 Å². The van der Waals surface area contributed by atoms with Gasteiger partial charge < -0.3 is 19.4 Å². The lowest BCUT2D eigenvalue weighted by atomic mass is 10.0. The summed E-state index contributed by atoms with van der Waals surface area (Å²) in [4.78, 5) is 14.1. The Labute approximate surface area is 165 Å². The molecular weight excluding hydrogens is 352 g/mol. The van der Waals surface area contributed by atoms with E-state index in [0.29, 0.717) is 18.9 Å². The van der Waals surface area contributed by atoms with Gasteiger partial charge in [0.2, 0.25) is 5.91 Å². The van der Waals surface area contributed by atoms with E-state index in [1.165, 1.54) is 0 Å². The minimum atomic E-state index is 0.00946. The smallest absolute Gasteiger partial charge is 0.224 e. The van der Waals surface area contributed by atoms with Crippen molar-refractivity contribution in [3.63, 3.8) is 0 Å². The number of hydrogen-bond acceptors (Lipinski definition) is 3. The number of carbonyl (C=O) groups excluding carboxylic acids is 1. The van der Waals surface area contributed by atoms with E-state index in [-0.39, 0.29) is 12.0 Å². The molecule has 2 heterocycles. The molecular formula is C23H29N2O3+. The van der Waals surface area contributed by atoms with Gasteiger partial charge in [0.15, 0.2) is 0 Å². The zero-order valence-corrected chi connectivity index (χ0v) is 16.7. The van der Waals surface area contributed by atoms with E-state index in [9.17, 15) is 4.79 Å². The SMILES string of the molecule is CC(C)C[NH+]1CCO[C@@H](CNC(=O)Cc2coc3ccc4ccccc4c23)C1. The van der Waals surface area contributed by atoms with Crippen molar-refractivity contribution < 1.29 is 18.8 Å². The number of benzene rings is 2. The minimum absolute atomic E-state index is 0.00946. The lowest BCUT2D eigenvalue weighted by molar-refractivity contribution is -0.914. The molecule has 0 bridgehead atoms. The van der Waals surface area contributed by atoms with Crippen LogP contribution in [0.5, 0.6) is 0 Å². The summed E-state index contributed by atoms with van der Waals surface area (Å²) in [6.07, 6.45) is 2.12. The number of nitrogens with one attached hydrogen (secondary N) is 2. The minimum Gasteiger partial charge on any atom is -0.464 e. The quantitative estimate of drug-likeness (QED) is 0.688. The first kappa shape index (κ1) is 19.0. The third-order valence-corrected chi connectivity index (χ3v) is 5.44. The summed E-state index contributed by atoms with van der Waals surface area (Å²) >= 11 is 0. The molecule has 0 aliphatic carbocycles. The third-order valence-electron chi connectivity index (χ3n) is 5.44. The van der Waals surface area contributed by atoms with E-state index in [1.807, 2.05) is 18.2 Å². The predicted molar refractivity (Wildman–Crippen MR) is 111 cm³/mol. The largest absolute Gasteiger partial charge is 0.464 e. The Morgan fingerprint density at radius 1 is 1.25 bits per heavy atom. The topological polar surface area (TPSA) is 55.9 Å². The Morgan fingerprint density at radius 2 is 2.11 bits per heavy atom. The number of quaternary nitrogens is 1. The van der Waals surface area contributed by atoms with E-state index in [1.54, 1.807) is 11.2 Å². The molecule has 0 saturated carbocycles. The van der Waals surface area contributed by atoms with Gasteiger partial charge in [-0.2, -0.15) is 0 Å². The summed E-state index contributed by atoms with van der Waals surface area (Å²) in [5.41, 5.74) is 1.76. The average Bonchev–Trinajstić information content (AvgIpc) is 3.09. The molecule has 28 heavy (non-hydrogen) atoms. The molecule has 1 unspecified atom stereocenters. The molecule has 2 atom stereocenters. The first-order chi connectivity index (χ1) is 13.6. The monoisotopic (exact) mass is 381 g/mol. The van der Waals surface area contributed by atoms with Crippen LogP contribution in [0.25, 0.3) is 21.7 Å². The molecule has 1 aliphatic rings. The maximum absolute atomic E-state index is 12.6. The van der Waals surface area contributed by atoms with Crippen molar-refractivity contribution in [3.05, 3.63) is 48.2 Å². The first-order valence-electron chi connectivity index (χ1n) is 10.2. The van der Waals surface area contributed by atoms with Crippen LogP contribution in [0.1, 0.15) is 19.4 Å². The molecule has 2 aromatic carbocycles. The Kier molecular flexibility index (Phi) is 5.64. The molecule has 1 saturated heterocycles. The lowest BCUT2D eigenvalue weighted by Gasteiger charge is -2.31. The number of amides is 1. The van der Waals surface area contributed by atoms with Gasteiger partial charge in [0.1, 0.15) is 24.8 Å². The summed E-state index contributed by atoms with van der Waals surface area (Å²) in [5.74, 6) is 0.683. The molecule has 148 valence electrons. The number of fused-ring (bicyclic) bond motifs is 3. The average molecular weight is 381 g/mol. The van der Waals surface area contributed by atoms with Gasteiger partial charge in [-0.05, 0) is 16.8 Å². The highest BCUT2D eigenvalue weighted by Crippen LogP contribution is 2.30. The zero-order chi connectivity index (χ0) is 19.5. The van der Waals surface area contributed by atoms with Crippen LogP contribution in [0.3, 0.4) is 0 Å². The van der Waals surface area contributed by atoms with Crippen LogP contribution in [-0.4, -0.2) is 44.8 Å². The van der Waals surface area contributed by atoms with Crippen molar-refractivity contribution in [1.29, 1.82) is 0 Å². The molecule has 0 spiro atoms. The normalized spacial score (nSPS) is 20.1.